The van der Waals surface area contributed by atoms with Crippen molar-refractivity contribution in [3.8, 4) is 6.07 Å². The van der Waals surface area contributed by atoms with Crippen LogP contribution in [0.2, 0.25) is 0 Å². The number of hydrogen-bond acceptors (Lipinski definition) is 4. The van der Waals surface area contributed by atoms with Crippen LogP contribution in [0.15, 0.2) is 23.3 Å². The molecule has 3 aliphatic carbocycles. The summed E-state index contributed by atoms with van der Waals surface area (Å²) in [5.41, 5.74) is -1.31. The topological polar surface area (TPSA) is 87.0 Å². The van der Waals surface area contributed by atoms with E-state index in [0.717, 1.165) is 31.3 Å². The van der Waals surface area contributed by atoms with Crippen molar-refractivity contribution < 1.29 is 27.6 Å². The van der Waals surface area contributed by atoms with Crippen LogP contribution < -0.4 is 5.32 Å². The Hall–Kier alpha value is -2.43. The van der Waals surface area contributed by atoms with E-state index in [1.807, 2.05) is 20.8 Å². The van der Waals surface area contributed by atoms with Gasteiger partial charge in [0.2, 0.25) is 5.91 Å². The van der Waals surface area contributed by atoms with Gasteiger partial charge >= 0.3 is 6.18 Å². The largest absolute Gasteiger partial charge is 0.397 e. The zero-order valence-electron chi connectivity index (χ0n) is 26.8. The van der Waals surface area contributed by atoms with Gasteiger partial charge in [0.1, 0.15) is 12.5 Å². The highest BCUT2D eigenvalue weighted by Crippen LogP contribution is 2.65. The van der Waals surface area contributed by atoms with Crippen molar-refractivity contribution >= 4 is 17.5 Å². The van der Waals surface area contributed by atoms with Gasteiger partial charge in [0.15, 0.2) is 11.6 Å². The molecule has 1 unspecified atom stereocenters. The highest BCUT2D eigenvalue weighted by Gasteiger charge is 2.58. The van der Waals surface area contributed by atoms with Crippen molar-refractivity contribution in [2.45, 2.75) is 125 Å². The molecule has 0 aromatic heterocycles. The Morgan fingerprint density at radius 3 is 2.26 bits per heavy atom. The van der Waals surface area contributed by atoms with Gasteiger partial charge < -0.3 is 5.32 Å². The highest BCUT2D eigenvalue weighted by atomic mass is 19.4. The summed E-state index contributed by atoms with van der Waals surface area (Å²) >= 11 is 0. The van der Waals surface area contributed by atoms with E-state index in [0.29, 0.717) is 19.3 Å². The summed E-state index contributed by atoms with van der Waals surface area (Å²) < 4.78 is 39.5. The molecule has 3 aliphatic rings. The van der Waals surface area contributed by atoms with Crippen molar-refractivity contribution in [1.29, 1.82) is 5.26 Å². The minimum atomic E-state index is -4.58. The number of carbonyl (C=O) groups excluding carboxylic acids is 3. The Labute approximate surface area is 249 Å². The average Bonchev–Trinajstić information content (AvgIpc) is 2.83. The molecule has 0 heterocycles. The molecule has 2 saturated carbocycles. The standard InChI is InChI=1S/C34H49F3N2O3/c1-21-17-29(4,5)12-14-33(21,39-27(41)19-34(35,36)37)15-13-30(6,7)32(9)11-10-25-23(3)28(42)24(20-38)18-31(25,8)26(32)16-22(2)40/h16,18,21,23,25H,10-15,17,19H2,1-9H3,(H,39,41)/b26-16-/t21?,23-,25-,31-,32+,33-/m0/s1. The summed E-state index contributed by atoms with van der Waals surface area (Å²) in [5, 5.41) is 12.6. The minimum Gasteiger partial charge on any atom is -0.350 e. The Balaban J connectivity index is 2.03. The van der Waals surface area contributed by atoms with E-state index >= 15 is 0 Å². The van der Waals surface area contributed by atoms with Crippen LogP contribution in [0.3, 0.4) is 0 Å². The normalized spacial score (nSPS) is 36.1. The molecule has 0 spiro atoms. The monoisotopic (exact) mass is 590 g/mol. The van der Waals surface area contributed by atoms with Gasteiger partial charge in [-0.25, -0.2) is 0 Å². The maximum Gasteiger partial charge on any atom is 0.397 e. The molecular formula is C34H49F3N2O3. The van der Waals surface area contributed by atoms with Crippen molar-refractivity contribution in [2.75, 3.05) is 0 Å². The lowest BCUT2D eigenvalue weighted by molar-refractivity contribution is -0.156. The van der Waals surface area contributed by atoms with E-state index in [-0.39, 0.29) is 40.3 Å². The molecule has 2 fully saturated rings. The fourth-order valence-electron chi connectivity index (χ4n) is 8.60. The maximum atomic E-state index is 13.2. The number of hydrogen-bond donors (Lipinski definition) is 1. The zero-order valence-corrected chi connectivity index (χ0v) is 26.8. The van der Waals surface area contributed by atoms with Crippen molar-refractivity contribution in [2.24, 2.45) is 39.4 Å². The lowest BCUT2D eigenvalue weighted by Gasteiger charge is -2.60. The predicted molar refractivity (Wildman–Crippen MR) is 157 cm³/mol. The van der Waals surface area contributed by atoms with E-state index in [2.05, 4.69) is 46.0 Å². The Kier molecular flexibility index (Phi) is 9.12. The molecule has 5 nitrogen and oxygen atoms in total. The van der Waals surface area contributed by atoms with Gasteiger partial charge in [-0.3, -0.25) is 14.4 Å². The van der Waals surface area contributed by atoms with Gasteiger partial charge in [-0.05, 0) is 86.0 Å². The van der Waals surface area contributed by atoms with Crippen LogP contribution in [0.4, 0.5) is 13.2 Å². The number of nitrogens with one attached hydrogen (secondary N) is 1. The molecule has 0 aliphatic heterocycles. The third-order valence-electron chi connectivity index (χ3n) is 11.6. The first-order chi connectivity index (χ1) is 19.0. The van der Waals surface area contributed by atoms with Gasteiger partial charge in [0.25, 0.3) is 0 Å². The molecule has 1 N–H and O–H groups in total. The Morgan fingerprint density at radius 1 is 1.12 bits per heavy atom. The van der Waals surface area contributed by atoms with Crippen LogP contribution in [0.25, 0.3) is 0 Å². The summed E-state index contributed by atoms with van der Waals surface area (Å²) in [4.78, 5) is 38.3. The SMILES string of the molecule is CC(=O)/C=C1/[C@@]2(C)C=C(C#N)C(=O)[C@@H](C)[C@@H]2CC[C@@]1(C)C(C)(C)CC[C@@]1(NC(=O)CC(F)(F)F)CCC(C)(C)CC1C. The molecule has 0 aromatic rings. The van der Waals surface area contributed by atoms with Crippen LogP contribution in [0.1, 0.15) is 114 Å². The quantitative estimate of drug-likeness (QED) is 0.304. The molecule has 0 aromatic carbocycles. The van der Waals surface area contributed by atoms with E-state index < -0.39 is 40.3 Å². The first-order valence-electron chi connectivity index (χ1n) is 15.3. The predicted octanol–water partition coefficient (Wildman–Crippen LogP) is 8.05. The van der Waals surface area contributed by atoms with Gasteiger partial charge in [-0.1, -0.05) is 67.0 Å². The molecule has 0 radical (unpaired) electrons. The van der Waals surface area contributed by atoms with Crippen LogP contribution in [0.5, 0.6) is 0 Å². The number of rotatable bonds is 7. The first-order valence-corrected chi connectivity index (χ1v) is 15.3. The number of ketones is 2. The molecule has 42 heavy (non-hydrogen) atoms. The number of carbonyl (C=O) groups is 3. The second kappa shape index (κ2) is 11.2. The molecule has 0 bridgehead atoms. The number of Topliss-reactive ketones (excluding diaryl/α,β-unsaturated/α-hetero) is 1. The molecule has 6 atom stereocenters. The van der Waals surface area contributed by atoms with E-state index in [4.69, 9.17) is 0 Å². The fraction of sp³-hybridized carbons (Fsp3) is 0.765. The van der Waals surface area contributed by atoms with Crippen molar-refractivity contribution in [1.82, 2.24) is 5.32 Å². The summed E-state index contributed by atoms with van der Waals surface area (Å²) in [7, 11) is 0. The summed E-state index contributed by atoms with van der Waals surface area (Å²) in [6.07, 6.45) is 2.16. The van der Waals surface area contributed by atoms with Gasteiger partial charge in [-0.15, -0.1) is 0 Å². The van der Waals surface area contributed by atoms with Crippen LogP contribution in [0, 0.1) is 50.7 Å². The second-order valence-electron chi connectivity index (χ2n) is 15.4. The second-order valence-corrected chi connectivity index (χ2v) is 15.4. The number of allylic oxidation sites excluding steroid dienone is 4. The minimum absolute atomic E-state index is 0.0196. The Bertz CT molecular complexity index is 1220. The van der Waals surface area contributed by atoms with E-state index in [1.54, 1.807) is 12.2 Å². The molecule has 234 valence electrons. The van der Waals surface area contributed by atoms with Gasteiger partial charge in [-0.2, -0.15) is 18.4 Å². The lowest BCUT2D eigenvalue weighted by Crippen LogP contribution is -2.58. The number of nitriles is 1. The zero-order chi connectivity index (χ0) is 32.1. The fourth-order valence-corrected chi connectivity index (χ4v) is 8.60. The molecule has 3 rings (SSSR count). The Morgan fingerprint density at radius 2 is 1.74 bits per heavy atom. The van der Waals surface area contributed by atoms with Crippen molar-refractivity contribution in [3.63, 3.8) is 0 Å². The number of fused-ring (bicyclic) bond motifs is 1. The smallest absolute Gasteiger partial charge is 0.350 e. The van der Waals surface area contributed by atoms with Gasteiger partial charge in [0.05, 0.1) is 5.57 Å². The molecule has 8 heteroatoms. The number of halogens is 3. The van der Waals surface area contributed by atoms with E-state index in [9.17, 15) is 32.8 Å². The van der Waals surface area contributed by atoms with Crippen molar-refractivity contribution in [3.05, 3.63) is 23.3 Å². The first kappa shape index (κ1) is 34.1. The maximum absolute atomic E-state index is 13.2. The van der Waals surface area contributed by atoms with Crippen LogP contribution >= 0.6 is 0 Å². The number of nitrogens with zero attached hydrogens (tertiary/aromatic N) is 1. The lowest BCUT2D eigenvalue weighted by atomic mass is 9.44. The summed E-state index contributed by atoms with van der Waals surface area (Å²) in [6, 6.07) is 2.08. The molecular weight excluding hydrogens is 541 g/mol. The molecule has 0 saturated heterocycles. The third kappa shape index (κ3) is 6.40. The van der Waals surface area contributed by atoms with Crippen LogP contribution in [-0.4, -0.2) is 29.2 Å². The summed E-state index contributed by atoms with van der Waals surface area (Å²) in [6.45, 7) is 18.2. The third-order valence-corrected chi connectivity index (χ3v) is 11.6. The highest BCUT2D eigenvalue weighted by molar-refractivity contribution is 6.02. The molecule has 1 amide bonds. The summed E-state index contributed by atoms with van der Waals surface area (Å²) in [5.74, 6) is -1.67. The number of amides is 1. The van der Waals surface area contributed by atoms with Crippen LogP contribution in [-0.2, 0) is 14.4 Å². The average molecular weight is 591 g/mol. The van der Waals surface area contributed by atoms with Gasteiger partial charge in [0, 0.05) is 16.9 Å². The number of alkyl halides is 3. The van der Waals surface area contributed by atoms with E-state index in [1.165, 1.54) is 6.92 Å².